The molecule has 1 atom stereocenters. The van der Waals surface area contributed by atoms with Crippen LogP contribution in [0.15, 0.2) is 46.5 Å². The Kier molecular flexibility index (Phi) is 5.27. The molecule has 0 spiro atoms. The van der Waals surface area contributed by atoms with E-state index in [9.17, 15) is 4.79 Å². The smallest absolute Gasteiger partial charge is 0.244 e. The van der Waals surface area contributed by atoms with Gasteiger partial charge in [0.05, 0.1) is 5.69 Å². The average molecular weight is 358 g/mol. The second-order valence-electron chi connectivity index (χ2n) is 5.54. The number of nitrogens with one attached hydrogen (secondary N) is 1. The molecule has 0 saturated heterocycles. The van der Waals surface area contributed by atoms with Crippen LogP contribution in [0.1, 0.15) is 27.9 Å². The Morgan fingerprint density at radius 1 is 1.38 bits per heavy atom. The van der Waals surface area contributed by atoms with Gasteiger partial charge in [-0.15, -0.1) is 11.3 Å². The molecule has 0 fully saturated rings. The van der Waals surface area contributed by atoms with Crippen molar-refractivity contribution in [1.82, 2.24) is 15.1 Å². The molecule has 3 heterocycles. The van der Waals surface area contributed by atoms with Crippen molar-refractivity contribution in [2.24, 2.45) is 0 Å². The number of hydrogen-bond acceptors (Lipinski definition) is 4. The average Bonchev–Trinajstić information content (AvgIpc) is 3.29. The Hall–Kier alpha value is -2.18. The van der Waals surface area contributed by atoms with E-state index in [4.69, 9.17) is 0 Å². The highest BCUT2D eigenvalue weighted by Crippen LogP contribution is 2.24. The zero-order chi connectivity index (χ0) is 16.9. The van der Waals surface area contributed by atoms with Crippen molar-refractivity contribution < 1.29 is 4.79 Å². The zero-order valence-corrected chi connectivity index (χ0v) is 15.2. The molecule has 0 aliphatic rings. The summed E-state index contributed by atoms with van der Waals surface area (Å²) in [5.74, 6) is -0.0933. The van der Waals surface area contributed by atoms with Gasteiger partial charge in [-0.1, -0.05) is 6.07 Å². The number of nitrogens with zero attached hydrogens (tertiary/aromatic N) is 2. The normalized spacial score (nSPS) is 12.6. The van der Waals surface area contributed by atoms with Crippen molar-refractivity contribution >= 4 is 34.7 Å². The van der Waals surface area contributed by atoms with Crippen LogP contribution in [0.3, 0.4) is 0 Å². The molecular weight excluding hydrogens is 338 g/mol. The van der Waals surface area contributed by atoms with Crippen molar-refractivity contribution in [3.8, 4) is 0 Å². The number of aryl methyl sites for hydroxylation is 2. The topological polar surface area (TPSA) is 46.9 Å². The fourth-order valence-electron chi connectivity index (χ4n) is 2.55. The highest BCUT2D eigenvalue weighted by atomic mass is 32.1. The molecule has 0 aliphatic heterocycles. The van der Waals surface area contributed by atoms with Crippen LogP contribution < -0.4 is 5.32 Å². The molecule has 3 aromatic heterocycles. The maximum absolute atomic E-state index is 12.1. The maximum Gasteiger partial charge on any atom is 0.244 e. The quantitative estimate of drug-likeness (QED) is 0.677. The molecule has 24 heavy (non-hydrogen) atoms. The number of amides is 1. The van der Waals surface area contributed by atoms with Crippen molar-refractivity contribution in [3.63, 3.8) is 0 Å². The minimum absolute atomic E-state index is 0.0113. The van der Waals surface area contributed by atoms with Crippen LogP contribution in [0.25, 0.3) is 6.08 Å². The Morgan fingerprint density at radius 3 is 2.88 bits per heavy atom. The number of hydrogen-bond donors (Lipinski definition) is 1. The van der Waals surface area contributed by atoms with Gasteiger partial charge in [0.25, 0.3) is 0 Å². The van der Waals surface area contributed by atoms with Crippen LogP contribution in [0.2, 0.25) is 0 Å². The Morgan fingerprint density at radius 2 is 2.25 bits per heavy atom. The summed E-state index contributed by atoms with van der Waals surface area (Å²) in [7, 11) is 0. The molecule has 0 unspecified atom stereocenters. The van der Waals surface area contributed by atoms with Gasteiger partial charge < -0.3 is 5.32 Å². The predicted octanol–water partition coefficient (Wildman–Crippen LogP) is 4.04. The summed E-state index contributed by atoms with van der Waals surface area (Å²) in [5.41, 5.74) is 3.12. The fourth-order valence-corrected chi connectivity index (χ4v) is 3.99. The highest BCUT2D eigenvalue weighted by Gasteiger charge is 2.18. The van der Waals surface area contributed by atoms with Gasteiger partial charge in [0.1, 0.15) is 6.04 Å². The van der Waals surface area contributed by atoms with E-state index in [0.717, 1.165) is 17.0 Å². The summed E-state index contributed by atoms with van der Waals surface area (Å²) in [6, 6.07) is 8.16. The van der Waals surface area contributed by atoms with E-state index >= 15 is 0 Å². The largest absolute Gasteiger partial charge is 0.350 e. The minimum atomic E-state index is -0.0933. The summed E-state index contributed by atoms with van der Waals surface area (Å²) in [6.07, 6.45) is 3.41. The fraction of sp³-hybridized carbons (Fsp3) is 0.222. The van der Waals surface area contributed by atoms with Crippen LogP contribution in [0.4, 0.5) is 0 Å². The molecule has 1 amide bonds. The van der Waals surface area contributed by atoms with Crippen molar-refractivity contribution in [1.29, 1.82) is 0 Å². The van der Waals surface area contributed by atoms with Gasteiger partial charge in [0, 0.05) is 23.2 Å². The lowest BCUT2D eigenvalue weighted by atomic mass is 10.2. The predicted molar refractivity (Wildman–Crippen MR) is 101 cm³/mol. The Balaban J connectivity index is 1.71. The molecule has 3 aromatic rings. The van der Waals surface area contributed by atoms with E-state index in [-0.39, 0.29) is 11.9 Å². The van der Waals surface area contributed by atoms with Crippen LogP contribution in [0.5, 0.6) is 0 Å². The summed E-state index contributed by atoms with van der Waals surface area (Å²) in [6.45, 7) is 4.53. The lowest BCUT2D eigenvalue weighted by molar-refractivity contribution is -0.116. The number of aromatic nitrogens is 2. The van der Waals surface area contributed by atoms with Gasteiger partial charge in [0.15, 0.2) is 0 Å². The number of rotatable bonds is 6. The number of carbonyl (C=O) groups excluding carboxylic acids is 1. The summed E-state index contributed by atoms with van der Waals surface area (Å²) >= 11 is 3.29. The molecule has 4 nitrogen and oxygen atoms in total. The third kappa shape index (κ3) is 4.01. The monoisotopic (exact) mass is 357 g/mol. The second kappa shape index (κ2) is 7.59. The first kappa shape index (κ1) is 16.7. The first-order chi connectivity index (χ1) is 11.6. The van der Waals surface area contributed by atoms with Crippen LogP contribution in [-0.4, -0.2) is 22.2 Å². The van der Waals surface area contributed by atoms with E-state index in [1.807, 2.05) is 52.9 Å². The SMILES string of the molecule is Cc1cc(C)n([C@@H](CNC(=O)/C=C/c2ccsc2)c2cccs2)n1. The number of carbonyl (C=O) groups is 1. The summed E-state index contributed by atoms with van der Waals surface area (Å²) < 4.78 is 1.99. The van der Waals surface area contributed by atoms with Gasteiger partial charge in [0.2, 0.25) is 5.91 Å². The van der Waals surface area contributed by atoms with Crippen molar-refractivity contribution in [2.75, 3.05) is 6.54 Å². The molecule has 124 valence electrons. The van der Waals surface area contributed by atoms with E-state index < -0.39 is 0 Å². The van der Waals surface area contributed by atoms with Crippen LogP contribution in [0, 0.1) is 13.8 Å². The summed E-state index contributed by atoms with van der Waals surface area (Å²) in [5, 5.41) is 13.6. The molecule has 3 rings (SSSR count). The first-order valence-electron chi connectivity index (χ1n) is 7.68. The molecule has 0 saturated carbocycles. The van der Waals surface area contributed by atoms with Crippen LogP contribution >= 0.6 is 22.7 Å². The third-order valence-electron chi connectivity index (χ3n) is 3.65. The molecule has 1 N–H and O–H groups in total. The third-order valence-corrected chi connectivity index (χ3v) is 5.33. The second-order valence-corrected chi connectivity index (χ2v) is 7.30. The summed E-state index contributed by atoms with van der Waals surface area (Å²) in [4.78, 5) is 13.3. The van der Waals surface area contributed by atoms with Gasteiger partial charge >= 0.3 is 0 Å². The molecule has 6 heteroatoms. The minimum Gasteiger partial charge on any atom is -0.350 e. The Labute approximate surface area is 149 Å². The van der Waals surface area contributed by atoms with E-state index in [0.29, 0.717) is 6.54 Å². The molecule has 0 aliphatic carbocycles. The van der Waals surface area contributed by atoms with E-state index in [2.05, 4.69) is 22.5 Å². The highest BCUT2D eigenvalue weighted by molar-refractivity contribution is 7.10. The van der Waals surface area contributed by atoms with E-state index in [1.54, 1.807) is 28.7 Å². The van der Waals surface area contributed by atoms with Crippen molar-refractivity contribution in [3.05, 3.63) is 68.3 Å². The Bertz CT molecular complexity index is 817. The van der Waals surface area contributed by atoms with Gasteiger partial charge in [-0.25, -0.2) is 0 Å². The van der Waals surface area contributed by atoms with Gasteiger partial charge in [-0.3, -0.25) is 9.48 Å². The van der Waals surface area contributed by atoms with Gasteiger partial charge in [-0.2, -0.15) is 16.4 Å². The molecule has 0 radical (unpaired) electrons. The standard InChI is InChI=1S/C18H19N3OS2/c1-13-10-14(2)21(20-13)16(17-4-3-8-24-17)11-19-18(22)6-5-15-7-9-23-12-15/h3-10,12,16H,11H2,1-2H3,(H,19,22)/b6-5+/t16-/m0/s1. The van der Waals surface area contributed by atoms with Crippen molar-refractivity contribution in [2.45, 2.75) is 19.9 Å². The van der Waals surface area contributed by atoms with Crippen LogP contribution in [-0.2, 0) is 4.79 Å². The molecule has 0 bridgehead atoms. The lowest BCUT2D eigenvalue weighted by Gasteiger charge is -2.18. The lowest BCUT2D eigenvalue weighted by Crippen LogP contribution is -2.30. The maximum atomic E-state index is 12.1. The van der Waals surface area contributed by atoms with E-state index in [1.165, 1.54) is 4.88 Å². The number of thiophene rings is 2. The zero-order valence-electron chi connectivity index (χ0n) is 13.6. The molecule has 0 aromatic carbocycles. The molecular formula is C18H19N3OS2. The van der Waals surface area contributed by atoms with Gasteiger partial charge in [-0.05, 0) is 59.8 Å². The first-order valence-corrected chi connectivity index (χ1v) is 9.50.